The topological polar surface area (TPSA) is 82.2 Å². The Bertz CT molecular complexity index is 415. The molecule has 0 saturated heterocycles. The Morgan fingerprint density at radius 3 is 2.58 bits per heavy atom. The van der Waals surface area contributed by atoms with E-state index in [9.17, 15) is 4.79 Å². The summed E-state index contributed by atoms with van der Waals surface area (Å²) in [7, 11) is 4.03. The highest BCUT2D eigenvalue weighted by molar-refractivity contribution is 5.88. The van der Waals surface area contributed by atoms with Crippen LogP contribution in [0.2, 0.25) is 0 Å². The van der Waals surface area contributed by atoms with Crippen molar-refractivity contribution in [2.24, 2.45) is 0 Å². The second-order valence-electron chi connectivity index (χ2n) is 4.91. The monoisotopic (exact) mass is 264 g/mol. The Balaban J connectivity index is 1.75. The number of aromatic nitrogens is 2. The van der Waals surface area contributed by atoms with Crippen LogP contribution in [0, 0.1) is 0 Å². The Hall–Kier alpha value is -1.89. The molecule has 1 fully saturated rings. The molecule has 1 saturated carbocycles. The van der Waals surface area contributed by atoms with Crippen LogP contribution in [0.1, 0.15) is 12.8 Å². The molecule has 0 radical (unpaired) electrons. The molecule has 1 aliphatic rings. The first kappa shape index (κ1) is 13.5. The average molecular weight is 264 g/mol. The number of nitrogens with zero attached hydrogens (tertiary/aromatic N) is 3. The molecule has 1 aliphatic carbocycles. The molecule has 0 aromatic carbocycles. The van der Waals surface area contributed by atoms with E-state index in [1.807, 2.05) is 14.1 Å². The maximum atomic E-state index is 11.5. The lowest BCUT2D eigenvalue weighted by molar-refractivity contribution is 0.251. The second-order valence-corrected chi connectivity index (χ2v) is 4.91. The zero-order valence-electron chi connectivity index (χ0n) is 11.3. The van der Waals surface area contributed by atoms with Gasteiger partial charge in [-0.15, -0.1) is 10.2 Å². The van der Waals surface area contributed by atoms with Crippen molar-refractivity contribution in [2.45, 2.75) is 18.9 Å². The van der Waals surface area contributed by atoms with Crippen molar-refractivity contribution in [1.82, 2.24) is 20.4 Å². The van der Waals surface area contributed by atoms with Gasteiger partial charge in [0.15, 0.2) is 5.82 Å². The van der Waals surface area contributed by atoms with E-state index in [2.05, 4.69) is 31.0 Å². The molecule has 3 N–H and O–H groups in total. The fourth-order valence-electron chi connectivity index (χ4n) is 1.47. The highest BCUT2D eigenvalue weighted by Crippen LogP contribution is 2.18. The highest BCUT2D eigenvalue weighted by atomic mass is 16.2. The zero-order valence-corrected chi connectivity index (χ0v) is 11.3. The minimum Gasteiger partial charge on any atom is -0.367 e. The summed E-state index contributed by atoms with van der Waals surface area (Å²) < 4.78 is 0. The number of urea groups is 1. The maximum Gasteiger partial charge on any atom is 0.320 e. The van der Waals surface area contributed by atoms with E-state index < -0.39 is 0 Å². The zero-order chi connectivity index (χ0) is 13.7. The summed E-state index contributed by atoms with van der Waals surface area (Å²) in [6.45, 7) is 1.72. The van der Waals surface area contributed by atoms with Crippen LogP contribution in [0.15, 0.2) is 12.1 Å². The smallest absolute Gasteiger partial charge is 0.320 e. The molecule has 7 nitrogen and oxygen atoms in total. The Morgan fingerprint density at radius 2 is 2.00 bits per heavy atom. The molecule has 2 amide bonds. The first-order valence-corrected chi connectivity index (χ1v) is 6.43. The van der Waals surface area contributed by atoms with Gasteiger partial charge in [0.2, 0.25) is 0 Å². The van der Waals surface area contributed by atoms with Crippen molar-refractivity contribution >= 4 is 17.7 Å². The first-order chi connectivity index (χ1) is 9.13. The first-order valence-electron chi connectivity index (χ1n) is 6.43. The number of likely N-dealkylation sites (N-methyl/N-ethyl adjacent to an activating group) is 1. The molecule has 0 spiro atoms. The fraction of sp³-hybridized carbons (Fsp3) is 0.583. The molecule has 0 atom stereocenters. The number of nitrogens with one attached hydrogen (secondary N) is 3. The third-order valence-corrected chi connectivity index (χ3v) is 2.68. The van der Waals surface area contributed by atoms with Crippen LogP contribution in [0.5, 0.6) is 0 Å². The maximum absolute atomic E-state index is 11.5. The Labute approximate surface area is 112 Å². The molecule has 0 aliphatic heterocycles. The summed E-state index contributed by atoms with van der Waals surface area (Å²) in [4.78, 5) is 13.6. The number of rotatable bonds is 6. The lowest BCUT2D eigenvalue weighted by atomic mass is 10.4. The van der Waals surface area contributed by atoms with Gasteiger partial charge < -0.3 is 15.5 Å². The molecular formula is C12H20N6O. The van der Waals surface area contributed by atoms with Crippen molar-refractivity contribution in [1.29, 1.82) is 0 Å². The lowest BCUT2D eigenvalue weighted by Gasteiger charge is -2.10. The molecule has 104 valence electrons. The molecule has 7 heteroatoms. The fourth-order valence-corrected chi connectivity index (χ4v) is 1.47. The van der Waals surface area contributed by atoms with Gasteiger partial charge in [-0.3, -0.25) is 5.32 Å². The van der Waals surface area contributed by atoms with Gasteiger partial charge in [0.1, 0.15) is 5.82 Å². The number of hydrogen-bond acceptors (Lipinski definition) is 5. The van der Waals surface area contributed by atoms with Crippen molar-refractivity contribution < 1.29 is 4.79 Å². The summed E-state index contributed by atoms with van der Waals surface area (Å²) in [5, 5.41) is 16.6. The van der Waals surface area contributed by atoms with Gasteiger partial charge in [0.05, 0.1) is 0 Å². The quantitative estimate of drug-likeness (QED) is 0.706. The third-order valence-electron chi connectivity index (χ3n) is 2.68. The SMILES string of the molecule is CN(C)CCNc1ccc(NC(=O)NC2CC2)nn1. The van der Waals surface area contributed by atoms with Gasteiger partial charge in [-0.1, -0.05) is 0 Å². The van der Waals surface area contributed by atoms with E-state index >= 15 is 0 Å². The molecule has 1 aromatic heterocycles. The lowest BCUT2D eigenvalue weighted by Crippen LogP contribution is -2.30. The average Bonchev–Trinajstić information content (AvgIpc) is 3.14. The van der Waals surface area contributed by atoms with E-state index in [0.29, 0.717) is 17.7 Å². The van der Waals surface area contributed by atoms with Crippen LogP contribution < -0.4 is 16.0 Å². The molecule has 0 unspecified atom stereocenters. The van der Waals surface area contributed by atoms with E-state index in [1.54, 1.807) is 12.1 Å². The molecule has 2 rings (SSSR count). The number of hydrogen-bond donors (Lipinski definition) is 3. The van der Waals surface area contributed by atoms with Crippen LogP contribution in [0.3, 0.4) is 0 Å². The predicted octanol–water partition coefficient (Wildman–Crippen LogP) is 0.734. The molecular weight excluding hydrogens is 244 g/mol. The second kappa shape index (κ2) is 6.33. The molecule has 0 bridgehead atoms. The van der Waals surface area contributed by atoms with Crippen LogP contribution in [-0.2, 0) is 0 Å². The van der Waals surface area contributed by atoms with E-state index in [-0.39, 0.29) is 6.03 Å². The van der Waals surface area contributed by atoms with Crippen molar-refractivity contribution in [3.8, 4) is 0 Å². The number of carbonyl (C=O) groups excluding carboxylic acids is 1. The third kappa shape index (κ3) is 5.09. The summed E-state index contributed by atoms with van der Waals surface area (Å²) in [5.41, 5.74) is 0. The van der Waals surface area contributed by atoms with Gasteiger partial charge in [0.25, 0.3) is 0 Å². The standard InChI is InChI=1S/C12H20N6O/c1-18(2)8-7-13-10-5-6-11(17-16-10)15-12(19)14-9-3-4-9/h5-6,9H,3-4,7-8H2,1-2H3,(H,13,16)(H2,14,15,17,19). The Kier molecular flexibility index (Phi) is 4.51. The van der Waals surface area contributed by atoms with Gasteiger partial charge in [0, 0.05) is 19.1 Å². The molecule has 1 aromatic rings. The van der Waals surface area contributed by atoms with Crippen molar-refractivity contribution in [3.05, 3.63) is 12.1 Å². The predicted molar refractivity (Wildman–Crippen MR) is 74.3 cm³/mol. The number of amides is 2. The minimum absolute atomic E-state index is 0.217. The summed E-state index contributed by atoms with van der Waals surface area (Å²) in [5.74, 6) is 1.16. The van der Waals surface area contributed by atoms with Gasteiger partial charge in [-0.05, 0) is 39.1 Å². The van der Waals surface area contributed by atoms with Crippen LogP contribution in [-0.4, -0.2) is 54.4 Å². The minimum atomic E-state index is -0.217. The van der Waals surface area contributed by atoms with Crippen LogP contribution >= 0.6 is 0 Å². The number of anilines is 2. The van der Waals surface area contributed by atoms with Gasteiger partial charge in [-0.2, -0.15) is 0 Å². The van der Waals surface area contributed by atoms with E-state index in [1.165, 1.54) is 0 Å². The van der Waals surface area contributed by atoms with Crippen molar-refractivity contribution in [3.63, 3.8) is 0 Å². The van der Waals surface area contributed by atoms with Gasteiger partial charge >= 0.3 is 6.03 Å². The van der Waals surface area contributed by atoms with Crippen LogP contribution in [0.25, 0.3) is 0 Å². The molecule has 19 heavy (non-hydrogen) atoms. The summed E-state index contributed by atoms with van der Waals surface area (Å²) in [6, 6.07) is 3.65. The number of carbonyl (C=O) groups is 1. The summed E-state index contributed by atoms with van der Waals surface area (Å²) >= 11 is 0. The van der Waals surface area contributed by atoms with E-state index in [0.717, 1.165) is 25.9 Å². The normalized spacial score (nSPS) is 14.3. The largest absolute Gasteiger partial charge is 0.367 e. The van der Waals surface area contributed by atoms with Crippen LogP contribution in [0.4, 0.5) is 16.4 Å². The highest BCUT2D eigenvalue weighted by Gasteiger charge is 2.23. The van der Waals surface area contributed by atoms with Crippen molar-refractivity contribution in [2.75, 3.05) is 37.8 Å². The molecule has 1 heterocycles. The van der Waals surface area contributed by atoms with E-state index in [4.69, 9.17) is 0 Å². The Morgan fingerprint density at radius 1 is 1.32 bits per heavy atom. The van der Waals surface area contributed by atoms with Gasteiger partial charge in [-0.25, -0.2) is 4.79 Å². The summed E-state index contributed by atoms with van der Waals surface area (Å²) in [6.07, 6.45) is 2.13.